The number of hydrogen-bond acceptors (Lipinski definition) is 3. The minimum atomic E-state index is -0.435. The van der Waals surface area contributed by atoms with Crippen molar-refractivity contribution in [2.45, 2.75) is 26.4 Å². The Morgan fingerprint density at radius 2 is 2.06 bits per heavy atom. The van der Waals surface area contributed by atoms with Gasteiger partial charge < -0.3 is 9.64 Å². The molecule has 0 bridgehead atoms. The van der Waals surface area contributed by atoms with Gasteiger partial charge in [-0.3, -0.25) is 4.79 Å². The third kappa shape index (κ3) is 5.22. The summed E-state index contributed by atoms with van der Waals surface area (Å²) in [6, 6.07) is 7.80. The predicted octanol–water partition coefficient (Wildman–Crippen LogP) is 3.23. The van der Waals surface area contributed by atoms with Gasteiger partial charge in [0.25, 0.3) is 0 Å². The predicted molar refractivity (Wildman–Crippen MR) is 73.3 cm³/mol. The lowest BCUT2D eigenvalue weighted by Crippen LogP contribution is -2.32. The van der Waals surface area contributed by atoms with Gasteiger partial charge in [-0.1, -0.05) is 22.0 Å². The Hall–Kier alpha value is -1.03. The molecule has 0 fully saturated rings. The molecule has 0 aliphatic heterocycles. The fraction of sp³-hybridized carbons (Fsp3) is 0.462. The first-order valence-corrected chi connectivity index (χ1v) is 6.26. The molecule has 0 heterocycles. The van der Waals surface area contributed by atoms with Crippen molar-refractivity contribution < 1.29 is 9.53 Å². The van der Waals surface area contributed by atoms with E-state index in [0.29, 0.717) is 0 Å². The van der Waals surface area contributed by atoms with E-state index >= 15 is 0 Å². The average Bonchev–Trinajstić information content (AvgIpc) is 2.14. The highest BCUT2D eigenvalue weighted by Crippen LogP contribution is 2.19. The molecule has 1 aromatic carbocycles. The molecule has 3 nitrogen and oxygen atoms in total. The third-order valence-electron chi connectivity index (χ3n) is 2.04. The number of nitrogens with zero attached hydrogens (tertiary/aromatic N) is 1. The molecule has 1 rings (SSSR count). The van der Waals surface area contributed by atoms with E-state index in [4.69, 9.17) is 4.74 Å². The molecule has 94 valence electrons. The maximum atomic E-state index is 11.7. The van der Waals surface area contributed by atoms with Gasteiger partial charge in [0.1, 0.15) is 12.1 Å². The number of halogens is 1. The summed E-state index contributed by atoms with van der Waals surface area (Å²) < 4.78 is 6.26. The lowest BCUT2D eigenvalue weighted by molar-refractivity contribution is -0.152. The van der Waals surface area contributed by atoms with Crippen LogP contribution in [0.15, 0.2) is 28.7 Å². The van der Waals surface area contributed by atoms with Gasteiger partial charge in [-0.15, -0.1) is 0 Å². The van der Waals surface area contributed by atoms with E-state index in [1.165, 1.54) is 0 Å². The Labute approximate surface area is 111 Å². The van der Waals surface area contributed by atoms with Crippen molar-refractivity contribution in [3.63, 3.8) is 0 Å². The van der Waals surface area contributed by atoms with Gasteiger partial charge in [-0.2, -0.15) is 0 Å². The number of carbonyl (C=O) groups excluding carboxylic acids is 1. The minimum Gasteiger partial charge on any atom is -0.459 e. The van der Waals surface area contributed by atoms with Crippen molar-refractivity contribution in [2.75, 3.05) is 18.5 Å². The quantitative estimate of drug-likeness (QED) is 0.803. The zero-order valence-corrected chi connectivity index (χ0v) is 12.2. The molecular formula is C13H18BrNO2. The first kappa shape index (κ1) is 14.0. The van der Waals surface area contributed by atoms with Gasteiger partial charge in [-0.05, 0) is 39.0 Å². The highest BCUT2D eigenvalue weighted by Gasteiger charge is 2.17. The number of carbonyl (C=O) groups is 1. The van der Waals surface area contributed by atoms with Crippen LogP contribution in [0.25, 0.3) is 0 Å². The zero-order valence-electron chi connectivity index (χ0n) is 10.7. The Kier molecular flexibility index (Phi) is 4.57. The number of esters is 1. The highest BCUT2D eigenvalue weighted by atomic mass is 79.9. The van der Waals surface area contributed by atoms with Crippen LogP contribution in [0.5, 0.6) is 0 Å². The van der Waals surface area contributed by atoms with Gasteiger partial charge in [0.15, 0.2) is 0 Å². The smallest absolute Gasteiger partial charge is 0.326 e. The second-order valence-electron chi connectivity index (χ2n) is 4.92. The molecule has 0 atom stereocenters. The van der Waals surface area contributed by atoms with Crippen molar-refractivity contribution in [1.29, 1.82) is 0 Å². The van der Waals surface area contributed by atoms with E-state index < -0.39 is 5.60 Å². The highest BCUT2D eigenvalue weighted by molar-refractivity contribution is 9.10. The Bertz CT molecular complexity index is 399. The molecule has 0 saturated heterocycles. The Balaban J connectivity index is 2.61. The molecule has 17 heavy (non-hydrogen) atoms. The van der Waals surface area contributed by atoms with Crippen LogP contribution < -0.4 is 4.90 Å². The maximum absolute atomic E-state index is 11.7. The third-order valence-corrected chi connectivity index (χ3v) is 2.53. The standard InChI is InChI=1S/C13H18BrNO2/c1-13(2,3)17-12(16)9-15(4)11-7-5-6-10(14)8-11/h5-8H,9H2,1-4H3. The number of benzene rings is 1. The van der Waals surface area contributed by atoms with Crippen molar-refractivity contribution in [2.24, 2.45) is 0 Å². The SMILES string of the molecule is CN(CC(=O)OC(C)(C)C)c1cccc(Br)c1. The van der Waals surface area contributed by atoms with Crippen molar-refractivity contribution in [3.8, 4) is 0 Å². The van der Waals surface area contributed by atoms with Gasteiger partial charge in [0.05, 0.1) is 0 Å². The fourth-order valence-corrected chi connectivity index (χ4v) is 1.76. The fourth-order valence-electron chi connectivity index (χ4n) is 1.37. The summed E-state index contributed by atoms with van der Waals surface area (Å²) in [6.45, 7) is 5.84. The van der Waals surface area contributed by atoms with Crippen molar-refractivity contribution in [3.05, 3.63) is 28.7 Å². The van der Waals surface area contributed by atoms with Crippen molar-refractivity contribution >= 4 is 27.6 Å². The summed E-state index contributed by atoms with van der Waals surface area (Å²) in [5.41, 5.74) is 0.542. The van der Waals surface area contributed by atoms with Gasteiger partial charge in [0.2, 0.25) is 0 Å². The average molecular weight is 300 g/mol. The Morgan fingerprint density at radius 3 is 2.59 bits per heavy atom. The second-order valence-corrected chi connectivity index (χ2v) is 5.84. The minimum absolute atomic E-state index is 0.222. The molecule has 0 radical (unpaired) electrons. The number of rotatable bonds is 3. The summed E-state index contributed by atoms with van der Waals surface area (Å²) in [7, 11) is 1.87. The first-order chi connectivity index (χ1) is 7.78. The molecule has 0 aliphatic rings. The van der Waals surface area contributed by atoms with Crippen molar-refractivity contribution in [1.82, 2.24) is 0 Å². The number of ether oxygens (including phenoxy) is 1. The van der Waals surface area contributed by atoms with E-state index in [1.54, 1.807) is 0 Å². The van der Waals surface area contributed by atoms with E-state index in [2.05, 4.69) is 15.9 Å². The zero-order chi connectivity index (χ0) is 13.1. The summed E-state index contributed by atoms with van der Waals surface area (Å²) in [4.78, 5) is 13.5. The summed E-state index contributed by atoms with van der Waals surface area (Å²) >= 11 is 3.40. The van der Waals surface area contributed by atoms with Crippen LogP contribution in [0.2, 0.25) is 0 Å². The molecular weight excluding hydrogens is 282 g/mol. The van der Waals surface area contributed by atoms with E-state index in [0.717, 1.165) is 10.2 Å². The maximum Gasteiger partial charge on any atom is 0.326 e. The van der Waals surface area contributed by atoms with Crippen LogP contribution in [0.4, 0.5) is 5.69 Å². The number of anilines is 1. The normalized spacial score (nSPS) is 11.1. The molecule has 4 heteroatoms. The monoisotopic (exact) mass is 299 g/mol. The van der Waals surface area contributed by atoms with Gasteiger partial charge >= 0.3 is 5.97 Å². The van der Waals surface area contributed by atoms with Crippen LogP contribution >= 0.6 is 15.9 Å². The largest absolute Gasteiger partial charge is 0.459 e. The molecule has 0 amide bonds. The van der Waals surface area contributed by atoms with Gasteiger partial charge in [-0.25, -0.2) is 0 Å². The molecule has 0 unspecified atom stereocenters. The van der Waals surface area contributed by atoms with Crippen LogP contribution in [0, 0.1) is 0 Å². The molecule has 0 aliphatic carbocycles. The van der Waals surface area contributed by atoms with Crippen LogP contribution in [-0.4, -0.2) is 25.2 Å². The number of hydrogen-bond donors (Lipinski definition) is 0. The van der Waals surface area contributed by atoms with Crippen LogP contribution in [0.1, 0.15) is 20.8 Å². The van der Waals surface area contributed by atoms with E-state index in [-0.39, 0.29) is 12.5 Å². The molecule has 1 aromatic rings. The molecule has 0 spiro atoms. The lowest BCUT2D eigenvalue weighted by atomic mass is 10.2. The second kappa shape index (κ2) is 5.54. The van der Waals surface area contributed by atoms with E-state index in [1.807, 2.05) is 57.0 Å². The molecule has 0 saturated carbocycles. The van der Waals surface area contributed by atoms with Crippen LogP contribution in [0.3, 0.4) is 0 Å². The summed E-state index contributed by atoms with van der Waals surface area (Å²) in [6.07, 6.45) is 0. The van der Waals surface area contributed by atoms with E-state index in [9.17, 15) is 4.79 Å². The van der Waals surface area contributed by atoms with Gasteiger partial charge in [0, 0.05) is 17.2 Å². The topological polar surface area (TPSA) is 29.5 Å². The first-order valence-electron chi connectivity index (χ1n) is 5.46. The summed E-state index contributed by atoms with van der Waals surface area (Å²) in [5.74, 6) is -0.222. The number of likely N-dealkylation sites (N-methyl/N-ethyl adjacent to an activating group) is 1. The molecule has 0 aromatic heterocycles. The molecule has 0 N–H and O–H groups in total. The van der Waals surface area contributed by atoms with Crippen LogP contribution in [-0.2, 0) is 9.53 Å². The Morgan fingerprint density at radius 1 is 1.41 bits per heavy atom. The lowest BCUT2D eigenvalue weighted by Gasteiger charge is -2.23. The summed E-state index contributed by atoms with van der Waals surface area (Å²) in [5, 5.41) is 0.